The van der Waals surface area contributed by atoms with E-state index < -0.39 is 0 Å². The molecule has 0 aliphatic rings. The average molecular weight is 471 g/mol. The van der Waals surface area contributed by atoms with E-state index in [1.807, 2.05) is 60.7 Å². The molecule has 0 spiro atoms. The van der Waals surface area contributed by atoms with Crippen LogP contribution in [0.4, 0.5) is 5.82 Å². The van der Waals surface area contributed by atoms with E-state index in [1.165, 1.54) is 12.3 Å². The lowest BCUT2D eigenvalue weighted by Gasteiger charge is -2.12. The van der Waals surface area contributed by atoms with Gasteiger partial charge in [0.2, 0.25) is 0 Å². The van der Waals surface area contributed by atoms with Crippen molar-refractivity contribution in [3.05, 3.63) is 107 Å². The van der Waals surface area contributed by atoms with Crippen LogP contribution in [0.5, 0.6) is 0 Å². The van der Waals surface area contributed by atoms with Gasteiger partial charge < -0.3 is 5.32 Å². The molecule has 2 aromatic heterocycles. The molecule has 0 bridgehead atoms. The van der Waals surface area contributed by atoms with Crippen molar-refractivity contribution >= 4 is 46.0 Å². The van der Waals surface area contributed by atoms with Crippen LogP contribution < -0.4 is 5.32 Å². The van der Waals surface area contributed by atoms with Gasteiger partial charge in [-0.05, 0) is 24.3 Å². The van der Waals surface area contributed by atoms with Crippen molar-refractivity contribution in [3.63, 3.8) is 0 Å². The van der Waals surface area contributed by atoms with Gasteiger partial charge in [0.25, 0.3) is 5.91 Å². The molecule has 1 amide bonds. The molecule has 0 aliphatic heterocycles. The summed E-state index contributed by atoms with van der Waals surface area (Å²) in [6.07, 6.45) is 1.42. The van der Waals surface area contributed by atoms with Crippen LogP contribution in [-0.4, -0.2) is 20.9 Å². The molecule has 5 rings (SSSR count). The third kappa shape index (κ3) is 4.42. The summed E-state index contributed by atoms with van der Waals surface area (Å²) >= 11 is 12.0. The van der Waals surface area contributed by atoms with E-state index in [9.17, 15) is 4.79 Å². The van der Waals surface area contributed by atoms with Crippen molar-refractivity contribution in [3.8, 4) is 22.5 Å². The summed E-state index contributed by atoms with van der Waals surface area (Å²) < 4.78 is 0. The predicted molar refractivity (Wildman–Crippen MR) is 133 cm³/mol. The second-order valence-corrected chi connectivity index (χ2v) is 8.14. The molecule has 3 aromatic carbocycles. The molecular weight excluding hydrogens is 455 g/mol. The number of halogens is 2. The van der Waals surface area contributed by atoms with Crippen LogP contribution in [-0.2, 0) is 0 Å². The maximum absolute atomic E-state index is 12.8. The summed E-state index contributed by atoms with van der Waals surface area (Å²) in [6.45, 7) is 0. The Morgan fingerprint density at radius 1 is 0.727 bits per heavy atom. The van der Waals surface area contributed by atoms with Gasteiger partial charge in [-0.1, -0.05) is 83.9 Å². The molecule has 0 radical (unpaired) electrons. The van der Waals surface area contributed by atoms with Crippen LogP contribution in [0.1, 0.15) is 10.4 Å². The molecule has 160 valence electrons. The third-order valence-electron chi connectivity index (χ3n) is 5.06. The van der Waals surface area contributed by atoms with Gasteiger partial charge in [0.1, 0.15) is 0 Å². The van der Waals surface area contributed by atoms with Crippen LogP contribution in [0, 0.1) is 0 Å². The Kier molecular flexibility index (Phi) is 5.73. The second kappa shape index (κ2) is 8.98. The summed E-state index contributed by atoms with van der Waals surface area (Å²) in [6, 6.07) is 26.5. The fraction of sp³-hybridized carbons (Fsp3) is 0. The molecule has 0 saturated heterocycles. The summed E-state index contributed by atoms with van der Waals surface area (Å²) in [5.41, 5.74) is 5.15. The lowest BCUT2D eigenvalue weighted by molar-refractivity contribution is 0.102. The summed E-state index contributed by atoms with van der Waals surface area (Å²) in [4.78, 5) is 26.7. The van der Waals surface area contributed by atoms with Gasteiger partial charge in [-0.2, -0.15) is 0 Å². The Labute approximate surface area is 200 Å². The molecule has 2 heterocycles. The first kappa shape index (κ1) is 21.1. The standard InChI is InChI=1S/C26H16Cl2N4O/c27-19-14-20(28)25(29-15-19)32-26(33)18-11-12-21-22(13-18)31-24(17-9-5-2-6-10-17)23(30-21)16-7-3-1-4-8-16/h1-15H,(H,29,32,33). The van der Waals surface area contributed by atoms with Crippen LogP contribution in [0.2, 0.25) is 10.0 Å². The van der Waals surface area contributed by atoms with Gasteiger partial charge in [-0.15, -0.1) is 0 Å². The predicted octanol–water partition coefficient (Wildman–Crippen LogP) is 6.92. The van der Waals surface area contributed by atoms with Crippen molar-refractivity contribution in [1.29, 1.82) is 0 Å². The first-order valence-corrected chi connectivity index (χ1v) is 10.9. The van der Waals surface area contributed by atoms with Crippen LogP contribution in [0.25, 0.3) is 33.5 Å². The lowest BCUT2D eigenvalue weighted by atomic mass is 10.0. The van der Waals surface area contributed by atoms with Crippen molar-refractivity contribution in [1.82, 2.24) is 15.0 Å². The number of anilines is 1. The molecule has 5 nitrogen and oxygen atoms in total. The highest BCUT2D eigenvalue weighted by atomic mass is 35.5. The number of carbonyl (C=O) groups excluding carboxylic acids is 1. The van der Waals surface area contributed by atoms with Crippen molar-refractivity contribution in [2.75, 3.05) is 5.32 Å². The number of hydrogen-bond acceptors (Lipinski definition) is 4. The zero-order chi connectivity index (χ0) is 22.8. The molecule has 0 fully saturated rings. The second-order valence-electron chi connectivity index (χ2n) is 7.29. The Morgan fingerprint density at radius 2 is 1.33 bits per heavy atom. The molecule has 0 aliphatic carbocycles. The van der Waals surface area contributed by atoms with E-state index in [4.69, 9.17) is 33.2 Å². The van der Waals surface area contributed by atoms with Crippen LogP contribution >= 0.6 is 23.2 Å². The zero-order valence-electron chi connectivity index (χ0n) is 17.2. The molecule has 7 heteroatoms. The zero-order valence-corrected chi connectivity index (χ0v) is 18.7. The molecule has 0 unspecified atom stereocenters. The Hall–Kier alpha value is -3.80. The largest absolute Gasteiger partial charge is 0.305 e. The molecular formula is C26H16Cl2N4O. The minimum atomic E-state index is -0.358. The summed E-state index contributed by atoms with van der Waals surface area (Å²) in [5, 5.41) is 3.36. The van der Waals surface area contributed by atoms with Crippen molar-refractivity contribution in [2.24, 2.45) is 0 Å². The van der Waals surface area contributed by atoms with Crippen molar-refractivity contribution < 1.29 is 4.79 Å². The Morgan fingerprint density at radius 3 is 1.94 bits per heavy atom. The van der Waals surface area contributed by atoms with Gasteiger partial charge in [-0.25, -0.2) is 15.0 Å². The fourth-order valence-corrected chi connectivity index (χ4v) is 3.90. The lowest BCUT2D eigenvalue weighted by Crippen LogP contribution is -2.13. The van der Waals surface area contributed by atoms with E-state index >= 15 is 0 Å². The maximum atomic E-state index is 12.8. The van der Waals surface area contributed by atoms with E-state index in [0.29, 0.717) is 21.6 Å². The summed E-state index contributed by atoms with van der Waals surface area (Å²) in [7, 11) is 0. The minimum Gasteiger partial charge on any atom is -0.305 e. The van der Waals surface area contributed by atoms with Gasteiger partial charge in [0, 0.05) is 22.9 Å². The monoisotopic (exact) mass is 470 g/mol. The number of fused-ring (bicyclic) bond motifs is 1. The number of rotatable bonds is 4. The Bertz CT molecular complexity index is 1470. The highest BCUT2D eigenvalue weighted by Gasteiger charge is 2.15. The van der Waals surface area contributed by atoms with E-state index in [1.54, 1.807) is 18.2 Å². The third-order valence-corrected chi connectivity index (χ3v) is 5.56. The van der Waals surface area contributed by atoms with Crippen LogP contribution in [0.3, 0.4) is 0 Å². The molecule has 33 heavy (non-hydrogen) atoms. The van der Waals surface area contributed by atoms with E-state index in [2.05, 4.69) is 10.3 Å². The number of nitrogens with one attached hydrogen (secondary N) is 1. The minimum absolute atomic E-state index is 0.238. The number of carbonyl (C=O) groups is 1. The van der Waals surface area contributed by atoms with E-state index in [-0.39, 0.29) is 16.7 Å². The maximum Gasteiger partial charge on any atom is 0.256 e. The number of pyridine rings is 1. The first-order chi connectivity index (χ1) is 16.1. The highest BCUT2D eigenvalue weighted by molar-refractivity contribution is 6.36. The smallest absolute Gasteiger partial charge is 0.256 e. The van der Waals surface area contributed by atoms with Gasteiger partial charge >= 0.3 is 0 Å². The number of amides is 1. The highest BCUT2D eigenvalue weighted by Crippen LogP contribution is 2.31. The molecule has 1 N–H and O–H groups in total. The summed E-state index contributed by atoms with van der Waals surface area (Å²) in [5.74, 6) is -0.120. The van der Waals surface area contributed by atoms with Crippen molar-refractivity contribution in [2.45, 2.75) is 0 Å². The number of aromatic nitrogens is 3. The van der Waals surface area contributed by atoms with E-state index in [0.717, 1.165) is 22.5 Å². The molecule has 0 saturated carbocycles. The number of nitrogens with zero attached hydrogens (tertiary/aromatic N) is 3. The normalized spacial score (nSPS) is 10.8. The quantitative estimate of drug-likeness (QED) is 0.309. The van der Waals surface area contributed by atoms with Gasteiger partial charge in [0.05, 0.1) is 32.5 Å². The number of hydrogen-bond donors (Lipinski definition) is 1. The molecule has 0 atom stereocenters. The fourth-order valence-electron chi connectivity index (χ4n) is 3.48. The SMILES string of the molecule is O=C(Nc1ncc(Cl)cc1Cl)c1ccc2nc(-c3ccccc3)c(-c3ccccc3)nc2c1. The average Bonchev–Trinajstić information content (AvgIpc) is 2.85. The van der Waals surface area contributed by atoms with Gasteiger partial charge in [0.15, 0.2) is 5.82 Å². The Balaban J connectivity index is 1.59. The number of benzene rings is 3. The van der Waals surface area contributed by atoms with Crippen LogP contribution in [0.15, 0.2) is 91.1 Å². The topological polar surface area (TPSA) is 67.8 Å². The first-order valence-electron chi connectivity index (χ1n) is 10.1. The van der Waals surface area contributed by atoms with Gasteiger partial charge in [-0.3, -0.25) is 4.79 Å². The molecule has 5 aromatic rings.